The second-order valence-corrected chi connectivity index (χ2v) is 0. The fraction of sp³-hybridized carbons (Fsp3) is 0. The lowest BCUT2D eigenvalue weighted by Gasteiger charge is -0.413. The number of rotatable bonds is 0. The van der Waals surface area contributed by atoms with Gasteiger partial charge in [0.15, 0.2) is 0 Å². The van der Waals surface area contributed by atoms with E-state index in [2.05, 4.69) is 0 Å². The van der Waals surface area contributed by atoms with E-state index in [0.717, 1.165) is 0 Å². The smallest absolute Gasteiger partial charge is 0.269 e. The van der Waals surface area contributed by atoms with Crippen molar-refractivity contribution in [2.24, 2.45) is 0 Å². The average molecular weight is 74.1 g/mol. The summed E-state index contributed by atoms with van der Waals surface area (Å²) in [6.07, 6.45) is 0. The van der Waals surface area contributed by atoms with E-state index in [0.29, 0.717) is 0 Å². The van der Waals surface area contributed by atoms with Crippen LogP contribution >= 0.6 is 0 Å². The minimum Gasteiger partial charge on any atom is -0.412 e. The van der Waals surface area contributed by atoms with Crippen molar-refractivity contribution in [2.45, 2.75) is 0 Å². The van der Waals surface area contributed by atoms with Gasteiger partial charge in [0.2, 0.25) is 0 Å². The summed E-state index contributed by atoms with van der Waals surface area (Å²) >= 11 is 0. The lowest BCUT2D eigenvalue weighted by Crippen LogP contribution is -0.290. The Morgan fingerprint density at radius 3 is 0.500 bits per heavy atom. The largest absolute Gasteiger partial charge is 0.412 e. The molecule has 0 radical (unpaired) electrons. The minimum absolute atomic E-state index is 0. The first-order valence-corrected chi connectivity index (χ1v) is 0. The topological polar surface area (TPSA) is 94.5 Å². The summed E-state index contributed by atoms with van der Waals surface area (Å²) in [6, 6.07) is 0. The predicted octanol–water partition coefficient (Wildman–Crippen LogP) is -2.32. The molecule has 0 aliphatic rings. The van der Waals surface area contributed by atoms with Crippen molar-refractivity contribution in [3.05, 3.63) is 0 Å². The van der Waals surface area contributed by atoms with E-state index in [1.807, 2.05) is 0 Å². The molecule has 6 N–H and O–H groups in total. The van der Waals surface area contributed by atoms with Crippen molar-refractivity contribution in [1.29, 1.82) is 0 Å². The molecule has 3 nitrogen and oxygen atoms in total. The molecule has 0 aliphatic carbocycles. The van der Waals surface area contributed by atoms with E-state index in [1.165, 1.54) is 0 Å². The van der Waals surface area contributed by atoms with Crippen LogP contribution in [0.4, 0.5) is 4.70 Å². The monoisotopic (exact) mass is 74.0 g/mol. The summed E-state index contributed by atoms with van der Waals surface area (Å²) in [5, 5.41) is 0. The number of halogens is 1. The molecule has 0 spiro atoms. The highest BCUT2D eigenvalue weighted by Crippen LogP contribution is 0.420. The Balaban J connectivity index is 0. The molecule has 0 bridgehead atoms. The van der Waals surface area contributed by atoms with Crippen LogP contribution in [0.1, 0.15) is 0 Å². The Kier molecular flexibility index (Phi) is 53100. The normalized spacial score (nSPS) is 0. The van der Waals surface area contributed by atoms with Gasteiger partial charge in [-0.2, -0.15) is 0 Å². The second kappa shape index (κ2) is 255. The highest BCUT2D eigenvalue weighted by Gasteiger charge is -0.269. The Morgan fingerprint density at radius 1 is 0.500 bits per heavy atom. The van der Waals surface area contributed by atoms with Gasteiger partial charge in [0, 0.05) is 0 Å². The molecular weight excluding hydrogens is 67.0 g/mol. The van der Waals surface area contributed by atoms with Gasteiger partial charge in [0.1, 0.15) is 0 Å². The Morgan fingerprint density at radius 2 is 0.500 bits per heavy atom. The molecule has 0 aromatic carbocycles. The number of hydrogen-bond donors (Lipinski definition) is 0. The Labute approximate surface area is 22.5 Å². The summed E-state index contributed by atoms with van der Waals surface area (Å²) in [7, 11) is 0. The Bertz CT molecular complexity index is 3.25. The second-order valence-electron chi connectivity index (χ2n) is 0. The van der Waals surface area contributed by atoms with Crippen LogP contribution in [0.3, 0.4) is 0 Å². The molecule has 0 saturated heterocycles. The van der Waals surface area contributed by atoms with Crippen LogP contribution in [0.25, 0.3) is 0 Å². The molecule has 0 heterocycles. The van der Waals surface area contributed by atoms with E-state index in [1.54, 1.807) is 0 Å². The van der Waals surface area contributed by atoms with Crippen molar-refractivity contribution in [3.8, 4) is 0 Å². The van der Waals surface area contributed by atoms with Crippen LogP contribution in [-0.4, -0.2) is 16.4 Å². The molecule has 32 valence electrons. The molecule has 0 aromatic heterocycles. The van der Waals surface area contributed by atoms with Crippen LogP contribution in [0, 0.1) is 0 Å². The lowest BCUT2D eigenvalue weighted by atomic mass is 16.0. The third-order valence-electron chi connectivity index (χ3n) is 0. The maximum Gasteiger partial charge on any atom is -0.269 e. The van der Waals surface area contributed by atoms with Crippen LogP contribution in [-0.2, 0) is 0 Å². The molecule has 0 aliphatic heterocycles. The maximum absolute atomic E-state index is 0. The molecule has 0 fully saturated rings. The van der Waals surface area contributed by atoms with Gasteiger partial charge in [-0.05, 0) is 0 Å². The third-order valence-corrected chi connectivity index (χ3v) is 0. The third kappa shape index (κ3) is 32.9. The SMILES string of the molecule is F.O.O.O. The van der Waals surface area contributed by atoms with Gasteiger partial charge in [0.25, 0.3) is 0 Å². The van der Waals surface area contributed by atoms with E-state index in [-0.39, 0.29) is 21.1 Å². The van der Waals surface area contributed by atoms with Crippen molar-refractivity contribution in [3.63, 3.8) is 0 Å². The van der Waals surface area contributed by atoms with Crippen molar-refractivity contribution in [2.75, 3.05) is 0 Å². The highest BCUT2D eigenvalue weighted by molar-refractivity contribution is 1.11. The number of hydrogen-bond acceptors (Lipinski definition) is 0. The van der Waals surface area contributed by atoms with Gasteiger partial charge in [-0.1, -0.05) is 0 Å². The zero-order chi connectivity index (χ0) is 0. The van der Waals surface area contributed by atoms with Gasteiger partial charge in [0.05, 0.1) is 0 Å². The molecule has 0 saturated carbocycles. The van der Waals surface area contributed by atoms with Crippen LogP contribution in [0.5, 0.6) is 0 Å². The van der Waals surface area contributed by atoms with Gasteiger partial charge in [-0.25, -0.2) is 0 Å². The van der Waals surface area contributed by atoms with Gasteiger partial charge in [-0.15, -0.1) is 0 Å². The van der Waals surface area contributed by atoms with Crippen LogP contribution in [0.15, 0.2) is 0 Å². The molecule has 0 rings (SSSR count). The first kappa shape index (κ1) is 833. The van der Waals surface area contributed by atoms with Crippen molar-refractivity contribution < 1.29 is 21.1 Å². The summed E-state index contributed by atoms with van der Waals surface area (Å²) in [6.45, 7) is 0. The molecule has 0 atom stereocenters. The molecule has 0 unspecified atom stereocenters. The van der Waals surface area contributed by atoms with Crippen LogP contribution < -0.4 is 0 Å². The summed E-state index contributed by atoms with van der Waals surface area (Å²) in [5.74, 6) is 0. The zero-order valence-corrected chi connectivity index (χ0v) is 1.91. The molecule has 0 aromatic rings. The molecular formula is H7FO3. The molecule has 0 amide bonds. The first-order chi connectivity index (χ1) is 0. The van der Waals surface area contributed by atoms with Gasteiger partial charge < -0.3 is 16.4 Å². The summed E-state index contributed by atoms with van der Waals surface area (Å²) in [4.78, 5) is 0. The summed E-state index contributed by atoms with van der Waals surface area (Å²) < 4.78 is 0. The predicted molar refractivity (Wildman–Crippen MR) is 13.3 cm³/mol. The van der Waals surface area contributed by atoms with E-state index >= 15 is 0 Å². The van der Waals surface area contributed by atoms with Crippen molar-refractivity contribution >= 4 is 0 Å². The fourth-order valence-corrected chi connectivity index (χ4v) is 0. The minimum atomic E-state index is 0. The fourth-order valence-electron chi connectivity index (χ4n) is 0. The first-order valence-electron chi connectivity index (χ1n) is 0. The van der Waals surface area contributed by atoms with E-state index in [9.17, 15) is 0 Å². The maximum atomic E-state index is 0. The average Bonchev–Trinajstić information content (AvgIpc) is 0. The van der Waals surface area contributed by atoms with Crippen LogP contribution in [0.2, 0.25) is 0 Å². The zero-order valence-electron chi connectivity index (χ0n) is 1.91. The molecule has 4 heteroatoms. The van der Waals surface area contributed by atoms with E-state index < -0.39 is 0 Å². The quantitative estimate of drug-likeness (QED) is 0.308. The van der Waals surface area contributed by atoms with Gasteiger partial charge >= 0.3 is 0 Å². The standard InChI is InChI=1S/FH.3H2O/h1H;3*1H2. The lowest BCUT2D eigenvalue weighted by molar-refractivity contribution is 0.823. The molecule has 4 heavy (non-hydrogen) atoms. The van der Waals surface area contributed by atoms with Crippen molar-refractivity contribution in [1.82, 2.24) is 0 Å². The van der Waals surface area contributed by atoms with E-state index in [4.69, 9.17) is 0 Å². The Hall–Kier alpha value is -0.190. The van der Waals surface area contributed by atoms with Gasteiger partial charge in [-0.3, -0.25) is 4.70 Å². The highest BCUT2D eigenvalue weighted by atomic mass is 19.0. The summed E-state index contributed by atoms with van der Waals surface area (Å²) in [5.41, 5.74) is 0.